The lowest BCUT2D eigenvalue weighted by molar-refractivity contribution is -0.132. The van der Waals surface area contributed by atoms with Crippen LogP contribution in [0.2, 0.25) is 0 Å². The van der Waals surface area contributed by atoms with Crippen molar-refractivity contribution >= 4 is 18.3 Å². The van der Waals surface area contributed by atoms with Gasteiger partial charge in [-0.15, -0.1) is 12.4 Å². The number of nitrogens with zero attached hydrogens (tertiary/aromatic N) is 1. The van der Waals surface area contributed by atoms with Gasteiger partial charge in [-0.05, 0) is 26.3 Å². The lowest BCUT2D eigenvalue weighted by Gasteiger charge is -2.24. The minimum Gasteiger partial charge on any atom is -0.385 e. The molecule has 16 heavy (non-hydrogen) atoms. The third-order valence-electron chi connectivity index (χ3n) is 2.88. The molecule has 1 atom stereocenters. The molecule has 1 aliphatic heterocycles. The Labute approximate surface area is 104 Å². The van der Waals surface area contributed by atoms with Crippen molar-refractivity contribution in [1.82, 2.24) is 10.2 Å². The van der Waals surface area contributed by atoms with Crippen LogP contribution in [0.3, 0.4) is 0 Å². The van der Waals surface area contributed by atoms with Crippen LogP contribution in [0.25, 0.3) is 0 Å². The van der Waals surface area contributed by atoms with Gasteiger partial charge in [0, 0.05) is 39.3 Å². The number of amides is 1. The summed E-state index contributed by atoms with van der Waals surface area (Å²) in [6, 6.07) is 0.407. The minimum absolute atomic E-state index is 0. The summed E-state index contributed by atoms with van der Waals surface area (Å²) >= 11 is 0. The van der Waals surface area contributed by atoms with Crippen LogP contribution in [-0.2, 0) is 9.53 Å². The molecule has 5 heteroatoms. The Morgan fingerprint density at radius 2 is 2.31 bits per heavy atom. The number of carbonyl (C=O) groups is 1. The zero-order chi connectivity index (χ0) is 11.1. The summed E-state index contributed by atoms with van der Waals surface area (Å²) in [6.45, 7) is 2.52. The predicted octanol–water partition coefficient (Wildman–Crippen LogP) is 1.05. The zero-order valence-electron chi connectivity index (χ0n) is 10.2. The van der Waals surface area contributed by atoms with Crippen molar-refractivity contribution in [2.24, 2.45) is 0 Å². The third kappa shape index (κ3) is 4.68. The van der Waals surface area contributed by atoms with E-state index in [4.69, 9.17) is 4.74 Å². The average molecular weight is 251 g/mol. The summed E-state index contributed by atoms with van der Waals surface area (Å²) in [7, 11) is 3.61. The minimum atomic E-state index is 0. The van der Waals surface area contributed by atoms with E-state index in [0.717, 1.165) is 32.4 Å². The average Bonchev–Trinajstić information content (AvgIpc) is 2.67. The maximum absolute atomic E-state index is 11.8. The maximum Gasteiger partial charge on any atom is 0.222 e. The number of nitrogens with one attached hydrogen (secondary N) is 1. The van der Waals surface area contributed by atoms with Gasteiger partial charge in [0.1, 0.15) is 0 Å². The van der Waals surface area contributed by atoms with E-state index in [1.807, 2.05) is 11.9 Å². The molecule has 0 radical (unpaired) electrons. The van der Waals surface area contributed by atoms with E-state index in [1.165, 1.54) is 0 Å². The first kappa shape index (κ1) is 15.7. The highest BCUT2D eigenvalue weighted by molar-refractivity contribution is 5.85. The Balaban J connectivity index is 0.00000225. The Morgan fingerprint density at radius 1 is 1.56 bits per heavy atom. The molecule has 1 amide bonds. The van der Waals surface area contributed by atoms with Crippen molar-refractivity contribution in [3.8, 4) is 0 Å². The smallest absolute Gasteiger partial charge is 0.222 e. The van der Waals surface area contributed by atoms with Crippen molar-refractivity contribution < 1.29 is 9.53 Å². The zero-order valence-corrected chi connectivity index (χ0v) is 11.0. The van der Waals surface area contributed by atoms with Gasteiger partial charge >= 0.3 is 0 Å². The molecule has 0 aromatic heterocycles. The van der Waals surface area contributed by atoms with Crippen LogP contribution < -0.4 is 5.32 Å². The molecule has 1 N–H and O–H groups in total. The van der Waals surface area contributed by atoms with Gasteiger partial charge < -0.3 is 15.0 Å². The summed E-state index contributed by atoms with van der Waals surface area (Å²) in [5.41, 5.74) is 0. The first-order valence-corrected chi connectivity index (χ1v) is 5.72. The number of methoxy groups -OCH3 is 1. The first-order chi connectivity index (χ1) is 7.29. The third-order valence-corrected chi connectivity index (χ3v) is 2.88. The highest BCUT2D eigenvalue weighted by atomic mass is 35.5. The SMILES string of the molecule is CNCC1CCCN1C(=O)CCCOC.Cl. The number of carbonyl (C=O) groups excluding carboxylic acids is 1. The Bertz CT molecular complexity index is 202. The number of rotatable bonds is 6. The fourth-order valence-electron chi connectivity index (χ4n) is 2.12. The van der Waals surface area contributed by atoms with Crippen LogP contribution in [-0.4, -0.2) is 50.7 Å². The lowest BCUT2D eigenvalue weighted by Crippen LogP contribution is -2.40. The molecular formula is C11H23ClN2O2. The maximum atomic E-state index is 11.8. The molecule has 0 aromatic carbocycles. The molecule has 4 nitrogen and oxygen atoms in total. The fraction of sp³-hybridized carbons (Fsp3) is 0.909. The monoisotopic (exact) mass is 250 g/mol. The van der Waals surface area contributed by atoms with Crippen LogP contribution in [0.15, 0.2) is 0 Å². The van der Waals surface area contributed by atoms with Gasteiger partial charge in [-0.25, -0.2) is 0 Å². The van der Waals surface area contributed by atoms with Crippen LogP contribution >= 0.6 is 12.4 Å². The van der Waals surface area contributed by atoms with Gasteiger partial charge in [-0.2, -0.15) is 0 Å². The Hall–Kier alpha value is -0.320. The standard InChI is InChI=1S/C11H22N2O2.ClH/c1-12-9-10-5-3-7-13(10)11(14)6-4-8-15-2;/h10,12H,3-9H2,1-2H3;1H. The predicted molar refractivity (Wildman–Crippen MR) is 67.0 cm³/mol. The molecule has 0 aromatic rings. The molecule has 1 unspecified atom stereocenters. The van der Waals surface area contributed by atoms with Crippen molar-refractivity contribution in [1.29, 1.82) is 0 Å². The molecule has 0 saturated carbocycles. The Kier molecular flexibility index (Phi) is 8.61. The van der Waals surface area contributed by atoms with Gasteiger partial charge in [0.25, 0.3) is 0 Å². The van der Waals surface area contributed by atoms with Gasteiger partial charge in [0.05, 0.1) is 0 Å². The summed E-state index contributed by atoms with van der Waals surface area (Å²) in [5, 5.41) is 3.14. The van der Waals surface area contributed by atoms with Gasteiger partial charge in [-0.3, -0.25) is 4.79 Å². The summed E-state index contributed by atoms with van der Waals surface area (Å²) in [5.74, 6) is 0.282. The van der Waals surface area contributed by atoms with Crippen molar-refractivity contribution in [3.63, 3.8) is 0 Å². The van der Waals surface area contributed by atoms with Crippen molar-refractivity contribution in [2.45, 2.75) is 31.7 Å². The summed E-state index contributed by atoms with van der Waals surface area (Å²) in [4.78, 5) is 13.9. The number of hydrogen-bond acceptors (Lipinski definition) is 3. The quantitative estimate of drug-likeness (QED) is 0.717. The van der Waals surface area contributed by atoms with E-state index in [0.29, 0.717) is 19.1 Å². The molecular weight excluding hydrogens is 228 g/mol. The number of likely N-dealkylation sites (tertiary alicyclic amines) is 1. The van der Waals surface area contributed by atoms with E-state index in [1.54, 1.807) is 7.11 Å². The van der Waals surface area contributed by atoms with Gasteiger partial charge in [-0.1, -0.05) is 0 Å². The second-order valence-electron chi connectivity index (χ2n) is 4.04. The largest absolute Gasteiger partial charge is 0.385 e. The molecule has 1 fully saturated rings. The van der Waals surface area contributed by atoms with Crippen LogP contribution in [0, 0.1) is 0 Å². The van der Waals surface area contributed by atoms with E-state index in [2.05, 4.69) is 5.32 Å². The lowest BCUT2D eigenvalue weighted by atomic mass is 10.2. The van der Waals surface area contributed by atoms with Gasteiger partial charge in [0.2, 0.25) is 5.91 Å². The molecule has 0 spiro atoms. The molecule has 1 rings (SSSR count). The molecule has 96 valence electrons. The number of halogens is 1. The number of hydrogen-bond donors (Lipinski definition) is 1. The first-order valence-electron chi connectivity index (χ1n) is 5.72. The van der Waals surface area contributed by atoms with E-state index >= 15 is 0 Å². The molecule has 1 aliphatic rings. The summed E-state index contributed by atoms with van der Waals surface area (Å²) < 4.78 is 4.95. The molecule has 1 saturated heterocycles. The highest BCUT2D eigenvalue weighted by Gasteiger charge is 2.27. The molecule has 0 bridgehead atoms. The van der Waals surface area contributed by atoms with E-state index in [9.17, 15) is 4.79 Å². The number of likely N-dealkylation sites (N-methyl/N-ethyl adjacent to an activating group) is 1. The van der Waals surface area contributed by atoms with Crippen molar-refractivity contribution in [2.75, 3.05) is 33.9 Å². The fourth-order valence-corrected chi connectivity index (χ4v) is 2.12. The molecule has 0 aliphatic carbocycles. The second-order valence-corrected chi connectivity index (χ2v) is 4.04. The van der Waals surface area contributed by atoms with E-state index < -0.39 is 0 Å². The van der Waals surface area contributed by atoms with Crippen LogP contribution in [0.4, 0.5) is 0 Å². The van der Waals surface area contributed by atoms with Crippen LogP contribution in [0.1, 0.15) is 25.7 Å². The normalized spacial score (nSPS) is 19.6. The Morgan fingerprint density at radius 3 is 2.94 bits per heavy atom. The van der Waals surface area contributed by atoms with E-state index in [-0.39, 0.29) is 18.3 Å². The number of ether oxygens (including phenoxy) is 1. The van der Waals surface area contributed by atoms with Crippen LogP contribution in [0.5, 0.6) is 0 Å². The topological polar surface area (TPSA) is 41.6 Å². The van der Waals surface area contributed by atoms with Crippen molar-refractivity contribution in [3.05, 3.63) is 0 Å². The summed E-state index contributed by atoms with van der Waals surface area (Å²) in [6.07, 6.45) is 3.73. The highest BCUT2D eigenvalue weighted by Crippen LogP contribution is 2.17. The molecule has 1 heterocycles. The van der Waals surface area contributed by atoms with Gasteiger partial charge in [0.15, 0.2) is 0 Å². The second kappa shape index (κ2) is 8.79.